The minimum Gasteiger partial charge on any atom is -0.372 e. The van der Waals surface area contributed by atoms with Gasteiger partial charge in [0, 0.05) is 30.0 Å². The highest BCUT2D eigenvalue weighted by atomic mass is 35.5. The molecule has 2 nitrogen and oxygen atoms in total. The molecule has 2 rings (SSSR count). The van der Waals surface area contributed by atoms with E-state index in [1.807, 2.05) is 30.5 Å². The molecule has 0 N–H and O–H groups in total. The number of hydrogen-bond acceptors (Lipinski definition) is 2. The number of halogens is 1. The van der Waals surface area contributed by atoms with Crippen LogP contribution >= 0.6 is 11.6 Å². The number of anilines is 1. The van der Waals surface area contributed by atoms with Crippen molar-refractivity contribution in [3.8, 4) is 0 Å². The van der Waals surface area contributed by atoms with Gasteiger partial charge in [-0.15, -0.1) is 0 Å². The smallest absolute Gasteiger partial charge is 0.0630 e. The van der Waals surface area contributed by atoms with Crippen LogP contribution in [0.3, 0.4) is 0 Å². The molecule has 0 radical (unpaired) electrons. The Morgan fingerprint density at radius 2 is 1.55 bits per heavy atom. The second-order valence-corrected chi connectivity index (χ2v) is 4.93. The average Bonchev–Trinajstić information content (AvgIpc) is 2.49. The van der Waals surface area contributed by atoms with Crippen LogP contribution in [0.25, 0.3) is 0 Å². The van der Waals surface area contributed by atoms with Gasteiger partial charge >= 0.3 is 0 Å². The zero-order chi connectivity index (χ0) is 14.4. The van der Waals surface area contributed by atoms with Crippen LogP contribution in [0, 0.1) is 0 Å². The van der Waals surface area contributed by atoms with Gasteiger partial charge in [0.25, 0.3) is 0 Å². The second-order valence-electron chi connectivity index (χ2n) is 4.50. The summed E-state index contributed by atoms with van der Waals surface area (Å²) < 4.78 is 0. The summed E-state index contributed by atoms with van der Waals surface area (Å²) in [6.45, 7) is 6.38. The standard InChI is InChI=1S/C17H19ClN2/c1-3-20(4-2)17-11-5-14(6-12-17)13-19-16-9-7-15(18)8-10-16/h5-13H,3-4H2,1-2H3/b19-13+. The van der Waals surface area contributed by atoms with Gasteiger partial charge in [0.2, 0.25) is 0 Å². The number of aliphatic imine (C=N–C) groups is 1. The van der Waals surface area contributed by atoms with E-state index in [1.54, 1.807) is 0 Å². The highest BCUT2D eigenvalue weighted by Crippen LogP contribution is 2.17. The molecule has 104 valence electrons. The van der Waals surface area contributed by atoms with Gasteiger partial charge in [-0.1, -0.05) is 23.7 Å². The molecule has 20 heavy (non-hydrogen) atoms. The van der Waals surface area contributed by atoms with Gasteiger partial charge in [-0.3, -0.25) is 4.99 Å². The average molecular weight is 287 g/mol. The molecule has 0 bridgehead atoms. The fraction of sp³-hybridized carbons (Fsp3) is 0.235. The molecule has 0 fully saturated rings. The lowest BCUT2D eigenvalue weighted by atomic mass is 10.2. The molecule has 2 aromatic rings. The van der Waals surface area contributed by atoms with E-state index in [-0.39, 0.29) is 0 Å². The van der Waals surface area contributed by atoms with Gasteiger partial charge in [0.15, 0.2) is 0 Å². The summed E-state index contributed by atoms with van der Waals surface area (Å²) >= 11 is 5.85. The van der Waals surface area contributed by atoms with Crippen molar-refractivity contribution in [1.82, 2.24) is 0 Å². The lowest BCUT2D eigenvalue weighted by Crippen LogP contribution is -2.21. The maximum absolute atomic E-state index is 5.85. The number of benzene rings is 2. The molecule has 0 saturated heterocycles. The molecule has 0 aliphatic rings. The van der Waals surface area contributed by atoms with Gasteiger partial charge < -0.3 is 4.90 Å². The Labute approximate surface area is 125 Å². The number of rotatable bonds is 5. The zero-order valence-corrected chi connectivity index (χ0v) is 12.6. The highest BCUT2D eigenvalue weighted by Gasteiger charge is 2.00. The summed E-state index contributed by atoms with van der Waals surface area (Å²) in [5, 5.41) is 0.729. The van der Waals surface area contributed by atoms with E-state index in [4.69, 9.17) is 11.6 Å². The van der Waals surface area contributed by atoms with Crippen LogP contribution in [0.15, 0.2) is 53.5 Å². The predicted molar refractivity (Wildman–Crippen MR) is 88.7 cm³/mol. The van der Waals surface area contributed by atoms with Gasteiger partial charge in [-0.05, 0) is 55.8 Å². The number of nitrogens with zero attached hydrogens (tertiary/aromatic N) is 2. The highest BCUT2D eigenvalue weighted by molar-refractivity contribution is 6.30. The summed E-state index contributed by atoms with van der Waals surface area (Å²) in [6.07, 6.45) is 1.87. The minimum absolute atomic E-state index is 0.729. The van der Waals surface area contributed by atoms with Crippen molar-refractivity contribution < 1.29 is 0 Å². The Morgan fingerprint density at radius 3 is 2.10 bits per heavy atom. The van der Waals surface area contributed by atoms with Crippen molar-refractivity contribution >= 4 is 29.2 Å². The Kier molecular flexibility index (Phi) is 5.19. The number of hydrogen-bond donors (Lipinski definition) is 0. The molecule has 0 unspecified atom stereocenters. The largest absolute Gasteiger partial charge is 0.372 e. The minimum atomic E-state index is 0.729. The van der Waals surface area contributed by atoms with Crippen molar-refractivity contribution in [2.45, 2.75) is 13.8 Å². The van der Waals surface area contributed by atoms with E-state index in [9.17, 15) is 0 Å². The molecule has 0 atom stereocenters. The van der Waals surface area contributed by atoms with E-state index < -0.39 is 0 Å². The molecule has 0 aromatic heterocycles. The van der Waals surface area contributed by atoms with Crippen LogP contribution in [0.4, 0.5) is 11.4 Å². The van der Waals surface area contributed by atoms with Crippen LogP contribution < -0.4 is 4.90 Å². The Hall–Kier alpha value is -1.80. The maximum atomic E-state index is 5.85. The van der Waals surface area contributed by atoms with Crippen molar-refractivity contribution in [3.63, 3.8) is 0 Å². The van der Waals surface area contributed by atoms with E-state index in [1.165, 1.54) is 5.69 Å². The second kappa shape index (κ2) is 7.11. The van der Waals surface area contributed by atoms with Crippen LogP contribution in [-0.2, 0) is 0 Å². The van der Waals surface area contributed by atoms with Crippen molar-refractivity contribution in [2.75, 3.05) is 18.0 Å². The van der Waals surface area contributed by atoms with Crippen molar-refractivity contribution in [1.29, 1.82) is 0 Å². The van der Waals surface area contributed by atoms with Gasteiger partial charge in [-0.2, -0.15) is 0 Å². The van der Waals surface area contributed by atoms with Crippen LogP contribution in [0.5, 0.6) is 0 Å². The normalized spacial score (nSPS) is 10.9. The first-order valence-electron chi connectivity index (χ1n) is 6.87. The SMILES string of the molecule is CCN(CC)c1ccc(/C=N/c2ccc(Cl)cc2)cc1. The van der Waals surface area contributed by atoms with Crippen molar-refractivity contribution in [2.24, 2.45) is 4.99 Å². The molecule has 0 aliphatic heterocycles. The molecule has 0 aliphatic carbocycles. The zero-order valence-electron chi connectivity index (χ0n) is 11.9. The monoisotopic (exact) mass is 286 g/mol. The van der Waals surface area contributed by atoms with E-state index in [2.05, 4.69) is 48.0 Å². The summed E-state index contributed by atoms with van der Waals surface area (Å²) in [5.74, 6) is 0. The first kappa shape index (κ1) is 14.6. The van der Waals surface area contributed by atoms with Crippen LogP contribution in [-0.4, -0.2) is 19.3 Å². The first-order valence-corrected chi connectivity index (χ1v) is 7.25. The predicted octanol–water partition coefficient (Wildman–Crippen LogP) is 4.94. The Balaban J connectivity index is 2.08. The van der Waals surface area contributed by atoms with E-state index in [0.717, 1.165) is 29.4 Å². The molecule has 0 heterocycles. The van der Waals surface area contributed by atoms with Gasteiger partial charge in [0.05, 0.1) is 5.69 Å². The lowest BCUT2D eigenvalue weighted by molar-refractivity contribution is 0.866. The van der Waals surface area contributed by atoms with Crippen molar-refractivity contribution in [3.05, 3.63) is 59.1 Å². The quantitative estimate of drug-likeness (QED) is 0.711. The van der Waals surface area contributed by atoms with E-state index >= 15 is 0 Å². The fourth-order valence-electron chi connectivity index (χ4n) is 2.04. The third kappa shape index (κ3) is 3.84. The summed E-state index contributed by atoms with van der Waals surface area (Å²) in [7, 11) is 0. The molecule has 2 aromatic carbocycles. The topological polar surface area (TPSA) is 15.6 Å². The summed E-state index contributed by atoms with van der Waals surface area (Å²) in [4.78, 5) is 6.75. The molecule has 0 spiro atoms. The van der Waals surface area contributed by atoms with Crippen LogP contribution in [0.2, 0.25) is 5.02 Å². The molecule has 0 saturated carbocycles. The summed E-state index contributed by atoms with van der Waals surface area (Å²) in [5.41, 5.74) is 3.25. The van der Waals surface area contributed by atoms with E-state index in [0.29, 0.717) is 0 Å². The Morgan fingerprint density at radius 1 is 0.950 bits per heavy atom. The molecule has 3 heteroatoms. The molecular formula is C17H19ClN2. The third-order valence-corrected chi connectivity index (χ3v) is 3.46. The van der Waals surface area contributed by atoms with Gasteiger partial charge in [-0.25, -0.2) is 0 Å². The third-order valence-electron chi connectivity index (χ3n) is 3.21. The molecular weight excluding hydrogens is 268 g/mol. The van der Waals surface area contributed by atoms with Gasteiger partial charge in [0.1, 0.15) is 0 Å². The Bertz CT molecular complexity index is 555. The molecule has 0 amide bonds. The maximum Gasteiger partial charge on any atom is 0.0630 e. The lowest BCUT2D eigenvalue weighted by Gasteiger charge is -2.20. The van der Waals surface area contributed by atoms with Crippen LogP contribution in [0.1, 0.15) is 19.4 Å². The first-order chi connectivity index (χ1) is 9.72. The summed E-state index contributed by atoms with van der Waals surface area (Å²) in [6, 6.07) is 16.0. The fourth-order valence-corrected chi connectivity index (χ4v) is 2.16.